The van der Waals surface area contributed by atoms with Crippen LogP contribution < -0.4 is 5.32 Å². The van der Waals surface area contributed by atoms with Gasteiger partial charge in [-0.1, -0.05) is 25.2 Å². The monoisotopic (exact) mass is 272 g/mol. The van der Waals surface area contributed by atoms with Gasteiger partial charge in [0.2, 0.25) is 0 Å². The molecule has 0 unspecified atom stereocenters. The van der Waals surface area contributed by atoms with E-state index in [1.807, 2.05) is 0 Å². The van der Waals surface area contributed by atoms with Crippen molar-refractivity contribution >= 4 is 5.91 Å². The normalized spacial score (nSPS) is 15.7. The lowest BCUT2D eigenvalue weighted by Crippen LogP contribution is -2.42. The minimum absolute atomic E-state index is 0.187. The van der Waals surface area contributed by atoms with E-state index in [4.69, 9.17) is 5.11 Å². The molecule has 1 aliphatic rings. The Morgan fingerprint density at radius 1 is 1.55 bits per heavy atom. The summed E-state index contributed by atoms with van der Waals surface area (Å²) in [5.74, 6) is 5.12. The molecule has 1 aromatic heterocycles. The SMILES string of the molecule is CCC1(CNC(=O)c2ncccc2C#CCO)CCC1. The van der Waals surface area contributed by atoms with Gasteiger partial charge in [0.05, 0.1) is 5.56 Å². The lowest BCUT2D eigenvalue weighted by Gasteiger charge is -2.41. The summed E-state index contributed by atoms with van der Waals surface area (Å²) in [4.78, 5) is 16.3. The summed E-state index contributed by atoms with van der Waals surface area (Å²) in [6, 6.07) is 3.47. The molecule has 0 aromatic carbocycles. The van der Waals surface area contributed by atoms with Gasteiger partial charge in [-0.2, -0.15) is 0 Å². The van der Waals surface area contributed by atoms with Gasteiger partial charge in [0.25, 0.3) is 5.91 Å². The minimum atomic E-state index is -0.227. The molecular formula is C16H20N2O2. The Morgan fingerprint density at radius 2 is 2.35 bits per heavy atom. The molecular weight excluding hydrogens is 252 g/mol. The van der Waals surface area contributed by atoms with E-state index in [9.17, 15) is 4.79 Å². The highest BCUT2D eigenvalue weighted by Crippen LogP contribution is 2.43. The maximum atomic E-state index is 12.2. The lowest BCUT2D eigenvalue weighted by molar-refractivity contribution is 0.0845. The van der Waals surface area contributed by atoms with Crippen LogP contribution in [0.4, 0.5) is 0 Å². The Morgan fingerprint density at radius 3 is 2.95 bits per heavy atom. The van der Waals surface area contributed by atoms with Gasteiger partial charge < -0.3 is 10.4 Å². The molecule has 1 saturated carbocycles. The molecule has 1 amide bonds. The van der Waals surface area contributed by atoms with Gasteiger partial charge in [0, 0.05) is 12.7 Å². The molecule has 1 aliphatic carbocycles. The average Bonchev–Trinajstić information content (AvgIpc) is 2.44. The molecule has 2 rings (SSSR count). The highest BCUT2D eigenvalue weighted by Gasteiger charge is 2.35. The Hall–Kier alpha value is -1.86. The molecule has 1 fully saturated rings. The zero-order valence-electron chi connectivity index (χ0n) is 11.8. The smallest absolute Gasteiger partial charge is 0.271 e. The molecule has 0 atom stereocenters. The Balaban J connectivity index is 2.05. The highest BCUT2D eigenvalue weighted by molar-refractivity contribution is 5.94. The predicted octanol–water partition coefficient (Wildman–Crippen LogP) is 1.74. The molecule has 2 N–H and O–H groups in total. The fraction of sp³-hybridized carbons (Fsp3) is 0.500. The van der Waals surface area contributed by atoms with Crippen LogP contribution in [0.3, 0.4) is 0 Å². The number of amides is 1. The van der Waals surface area contributed by atoms with E-state index in [-0.39, 0.29) is 17.9 Å². The molecule has 0 bridgehead atoms. The van der Waals surface area contributed by atoms with Crippen molar-refractivity contribution in [3.8, 4) is 11.8 Å². The van der Waals surface area contributed by atoms with Crippen LogP contribution in [0.2, 0.25) is 0 Å². The topological polar surface area (TPSA) is 62.2 Å². The number of pyridine rings is 1. The van der Waals surface area contributed by atoms with E-state index in [2.05, 4.69) is 29.1 Å². The third kappa shape index (κ3) is 3.17. The minimum Gasteiger partial charge on any atom is -0.384 e. The third-order valence-corrected chi connectivity index (χ3v) is 4.11. The zero-order chi connectivity index (χ0) is 14.4. The number of rotatable bonds is 4. The van der Waals surface area contributed by atoms with Crippen LogP contribution in [-0.2, 0) is 0 Å². The predicted molar refractivity (Wildman–Crippen MR) is 77.1 cm³/mol. The zero-order valence-corrected chi connectivity index (χ0v) is 11.8. The maximum Gasteiger partial charge on any atom is 0.271 e. The number of carbonyl (C=O) groups excluding carboxylic acids is 1. The average molecular weight is 272 g/mol. The number of carbonyl (C=O) groups is 1. The van der Waals surface area contributed by atoms with Crippen LogP contribution in [0.1, 0.15) is 48.7 Å². The van der Waals surface area contributed by atoms with Crippen molar-refractivity contribution in [1.29, 1.82) is 0 Å². The third-order valence-electron chi connectivity index (χ3n) is 4.11. The summed E-state index contributed by atoms with van der Waals surface area (Å²) in [7, 11) is 0. The molecule has 0 radical (unpaired) electrons. The molecule has 1 aromatic rings. The number of aromatic nitrogens is 1. The van der Waals surface area contributed by atoms with Gasteiger partial charge in [0.1, 0.15) is 12.3 Å². The second-order valence-corrected chi connectivity index (χ2v) is 5.25. The van der Waals surface area contributed by atoms with E-state index >= 15 is 0 Å². The summed E-state index contributed by atoms with van der Waals surface area (Å²) < 4.78 is 0. The summed E-state index contributed by atoms with van der Waals surface area (Å²) in [5.41, 5.74) is 1.17. The van der Waals surface area contributed by atoms with Gasteiger partial charge in [-0.05, 0) is 36.8 Å². The van der Waals surface area contributed by atoms with Gasteiger partial charge >= 0.3 is 0 Å². The number of aliphatic hydroxyl groups is 1. The van der Waals surface area contributed by atoms with Crippen LogP contribution >= 0.6 is 0 Å². The first-order valence-corrected chi connectivity index (χ1v) is 7.04. The van der Waals surface area contributed by atoms with Crippen molar-refractivity contribution in [2.45, 2.75) is 32.6 Å². The summed E-state index contributed by atoms with van der Waals surface area (Å²) in [6.07, 6.45) is 6.29. The summed E-state index contributed by atoms with van der Waals surface area (Å²) >= 11 is 0. The molecule has 4 nitrogen and oxygen atoms in total. The molecule has 0 spiro atoms. The van der Waals surface area contributed by atoms with Crippen molar-refractivity contribution < 1.29 is 9.90 Å². The van der Waals surface area contributed by atoms with Crippen molar-refractivity contribution in [3.05, 3.63) is 29.6 Å². The van der Waals surface area contributed by atoms with Crippen molar-refractivity contribution in [2.24, 2.45) is 5.41 Å². The van der Waals surface area contributed by atoms with E-state index in [1.165, 1.54) is 19.3 Å². The Labute approximate surface area is 119 Å². The number of aliphatic hydroxyl groups excluding tert-OH is 1. The molecule has 20 heavy (non-hydrogen) atoms. The van der Waals surface area contributed by atoms with Crippen molar-refractivity contribution in [1.82, 2.24) is 10.3 Å². The molecule has 4 heteroatoms. The Bertz CT molecular complexity index is 533. The van der Waals surface area contributed by atoms with Gasteiger partial charge in [-0.25, -0.2) is 4.98 Å². The van der Waals surface area contributed by atoms with Gasteiger partial charge in [-0.15, -0.1) is 0 Å². The highest BCUT2D eigenvalue weighted by atomic mass is 16.2. The Kier molecular flexibility index (Phi) is 4.75. The van der Waals surface area contributed by atoms with Crippen LogP contribution in [-0.4, -0.2) is 29.1 Å². The van der Waals surface area contributed by atoms with Gasteiger partial charge in [-0.3, -0.25) is 4.79 Å². The molecule has 0 aliphatic heterocycles. The van der Waals surface area contributed by atoms with E-state index in [0.29, 0.717) is 17.8 Å². The first-order valence-electron chi connectivity index (χ1n) is 7.04. The second-order valence-electron chi connectivity index (χ2n) is 5.25. The molecule has 0 saturated heterocycles. The fourth-order valence-electron chi connectivity index (χ4n) is 2.51. The van der Waals surface area contributed by atoms with Crippen LogP contribution in [0, 0.1) is 17.3 Å². The van der Waals surface area contributed by atoms with E-state index < -0.39 is 0 Å². The first-order chi connectivity index (χ1) is 9.71. The maximum absolute atomic E-state index is 12.2. The standard InChI is InChI=1S/C16H20N2O2/c1-2-16(8-5-9-16)12-18-15(20)14-13(7-4-11-19)6-3-10-17-14/h3,6,10,19H,2,5,8-9,11-12H2,1H3,(H,18,20). The largest absolute Gasteiger partial charge is 0.384 e. The summed E-state index contributed by atoms with van der Waals surface area (Å²) in [6.45, 7) is 2.64. The molecule has 1 heterocycles. The number of hydrogen-bond donors (Lipinski definition) is 2. The number of hydrogen-bond acceptors (Lipinski definition) is 3. The van der Waals surface area contributed by atoms with Crippen LogP contribution in [0.5, 0.6) is 0 Å². The fourth-order valence-corrected chi connectivity index (χ4v) is 2.51. The van der Waals surface area contributed by atoms with Gasteiger partial charge in [0.15, 0.2) is 0 Å². The first kappa shape index (κ1) is 14.5. The number of nitrogens with zero attached hydrogens (tertiary/aromatic N) is 1. The molecule has 106 valence electrons. The quantitative estimate of drug-likeness (QED) is 0.821. The second kappa shape index (κ2) is 6.53. The van der Waals surface area contributed by atoms with Crippen molar-refractivity contribution in [3.63, 3.8) is 0 Å². The van der Waals surface area contributed by atoms with E-state index in [0.717, 1.165) is 6.42 Å². The van der Waals surface area contributed by atoms with Crippen LogP contribution in [0.25, 0.3) is 0 Å². The number of nitrogens with one attached hydrogen (secondary N) is 1. The van der Waals surface area contributed by atoms with Crippen molar-refractivity contribution in [2.75, 3.05) is 13.2 Å². The van der Waals surface area contributed by atoms with E-state index in [1.54, 1.807) is 18.3 Å². The summed E-state index contributed by atoms with van der Waals surface area (Å²) in [5, 5.41) is 11.7. The lowest BCUT2D eigenvalue weighted by atomic mass is 9.67. The van der Waals surface area contributed by atoms with Crippen LogP contribution in [0.15, 0.2) is 18.3 Å².